The van der Waals surface area contributed by atoms with Crippen molar-refractivity contribution >= 4 is 0 Å². The largest absolute Gasteiger partial charge is 0.313 e. The lowest BCUT2D eigenvalue weighted by Crippen LogP contribution is -2.43. The Morgan fingerprint density at radius 2 is 1.94 bits per heavy atom. The molecule has 0 aromatic heterocycles. The Bertz CT molecular complexity index is 191. The fraction of sp³-hybridized carbons (Fsp3) is 1.00. The molecule has 0 aromatic carbocycles. The van der Waals surface area contributed by atoms with E-state index >= 15 is 0 Å². The third kappa shape index (κ3) is 4.06. The van der Waals surface area contributed by atoms with Crippen molar-refractivity contribution in [2.75, 3.05) is 19.6 Å². The normalized spacial score (nSPS) is 27.4. The molecule has 2 nitrogen and oxygen atoms in total. The van der Waals surface area contributed by atoms with E-state index in [-0.39, 0.29) is 0 Å². The van der Waals surface area contributed by atoms with Crippen LogP contribution >= 0.6 is 0 Å². The van der Waals surface area contributed by atoms with Crippen LogP contribution in [-0.4, -0.2) is 36.6 Å². The van der Waals surface area contributed by atoms with Gasteiger partial charge in [0.1, 0.15) is 0 Å². The predicted octanol–water partition coefficient (Wildman–Crippen LogP) is 2.64. The minimum atomic E-state index is 0.766. The Hall–Kier alpha value is -0.0800. The van der Waals surface area contributed by atoms with Crippen LogP contribution in [0.25, 0.3) is 0 Å². The molecule has 1 saturated heterocycles. The zero-order chi connectivity index (χ0) is 11.4. The van der Waals surface area contributed by atoms with Crippen molar-refractivity contribution in [1.29, 1.82) is 0 Å². The zero-order valence-corrected chi connectivity index (χ0v) is 11.0. The van der Waals surface area contributed by atoms with E-state index in [2.05, 4.69) is 24.1 Å². The summed E-state index contributed by atoms with van der Waals surface area (Å²) in [6.45, 7) is 8.52. The van der Waals surface area contributed by atoms with Crippen LogP contribution < -0.4 is 5.32 Å². The second-order valence-corrected chi connectivity index (χ2v) is 6.08. The van der Waals surface area contributed by atoms with Crippen LogP contribution in [0.2, 0.25) is 0 Å². The molecule has 1 atom stereocenters. The van der Waals surface area contributed by atoms with E-state index in [1.807, 2.05) is 0 Å². The highest BCUT2D eigenvalue weighted by molar-refractivity contribution is 4.87. The van der Waals surface area contributed by atoms with E-state index in [1.165, 1.54) is 58.2 Å². The minimum Gasteiger partial charge on any atom is -0.313 e. The molecule has 2 heteroatoms. The highest BCUT2D eigenvalue weighted by atomic mass is 15.2. The number of nitrogens with zero attached hydrogens (tertiary/aromatic N) is 1. The summed E-state index contributed by atoms with van der Waals surface area (Å²) in [5, 5.41) is 3.73. The first-order valence-electron chi connectivity index (χ1n) is 7.23. The summed E-state index contributed by atoms with van der Waals surface area (Å²) < 4.78 is 0. The molecular formula is C14H28N2. The van der Waals surface area contributed by atoms with E-state index < -0.39 is 0 Å². The number of hydrogen-bond donors (Lipinski definition) is 1. The van der Waals surface area contributed by atoms with E-state index in [1.54, 1.807) is 0 Å². The predicted molar refractivity (Wildman–Crippen MR) is 69.7 cm³/mol. The molecule has 1 heterocycles. The highest BCUT2D eigenvalue weighted by Crippen LogP contribution is 2.28. The monoisotopic (exact) mass is 224 g/mol. The molecule has 16 heavy (non-hydrogen) atoms. The lowest BCUT2D eigenvalue weighted by Gasteiger charge is -2.28. The maximum atomic E-state index is 3.73. The van der Waals surface area contributed by atoms with Gasteiger partial charge in [-0.15, -0.1) is 0 Å². The molecule has 0 spiro atoms. The maximum Gasteiger partial charge on any atom is 0.0195 e. The summed E-state index contributed by atoms with van der Waals surface area (Å²) >= 11 is 0. The fourth-order valence-corrected chi connectivity index (χ4v) is 2.82. The average molecular weight is 224 g/mol. The smallest absolute Gasteiger partial charge is 0.0195 e. The lowest BCUT2D eigenvalue weighted by molar-refractivity contribution is 0.207. The first kappa shape index (κ1) is 12.4. The van der Waals surface area contributed by atoms with Crippen molar-refractivity contribution in [1.82, 2.24) is 10.2 Å². The summed E-state index contributed by atoms with van der Waals surface area (Å²) in [7, 11) is 0. The van der Waals surface area contributed by atoms with Gasteiger partial charge in [-0.05, 0) is 38.1 Å². The van der Waals surface area contributed by atoms with Crippen LogP contribution in [-0.2, 0) is 0 Å². The summed E-state index contributed by atoms with van der Waals surface area (Å²) in [6.07, 6.45) is 8.51. The van der Waals surface area contributed by atoms with E-state index in [0.717, 1.165) is 18.0 Å². The van der Waals surface area contributed by atoms with Crippen LogP contribution in [0.1, 0.15) is 52.4 Å². The average Bonchev–Trinajstić information content (AvgIpc) is 3.04. The standard InChI is InChI=1S/C14H28N2/c1-12(2)10-16(14-7-8-14)11-13-6-4-3-5-9-15-13/h12-15H,3-11H2,1-2H3. The molecule has 0 amide bonds. The second-order valence-electron chi connectivity index (χ2n) is 6.08. The lowest BCUT2D eigenvalue weighted by atomic mass is 10.1. The zero-order valence-electron chi connectivity index (χ0n) is 11.0. The van der Waals surface area contributed by atoms with Gasteiger partial charge >= 0.3 is 0 Å². The van der Waals surface area contributed by atoms with Gasteiger partial charge in [0, 0.05) is 25.2 Å². The molecule has 2 aliphatic rings. The van der Waals surface area contributed by atoms with Gasteiger partial charge in [0.05, 0.1) is 0 Å². The molecule has 1 saturated carbocycles. The third-order valence-electron chi connectivity index (χ3n) is 3.78. The maximum absolute atomic E-state index is 3.73. The topological polar surface area (TPSA) is 15.3 Å². The van der Waals surface area contributed by atoms with Gasteiger partial charge in [-0.2, -0.15) is 0 Å². The van der Waals surface area contributed by atoms with Gasteiger partial charge in [0.15, 0.2) is 0 Å². The van der Waals surface area contributed by atoms with Gasteiger partial charge in [0.2, 0.25) is 0 Å². The molecule has 0 radical (unpaired) electrons. The molecule has 1 unspecified atom stereocenters. The van der Waals surface area contributed by atoms with Crippen LogP contribution in [0.3, 0.4) is 0 Å². The first-order valence-corrected chi connectivity index (χ1v) is 7.23. The van der Waals surface area contributed by atoms with Gasteiger partial charge in [-0.3, -0.25) is 4.90 Å². The van der Waals surface area contributed by atoms with Crippen LogP contribution in [0.15, 0.2) is 0 Å². The van der Waals surface area contributed by atoms with Gasteiger partial charge in [-0.25, -0.2) is 0 Å². The van der Waals surface area contributed by atoms with Crippen molar-refractivity contribution in [3.05, 3.63) is 0 Å². The van der Waals surface area contributed by atoms with Crippen molar-refractivity contribution in [3.63, 3.8) is 0 Å². The summed E-state index contributed by atoms with van der Waals surface area (Å²) in [6, 6.07) is 1.69. The number of nitrogens with one attached hydrogen (secondary N) is 1. The summed E-state index contributed by atoms with van der Waals surface area (Å²) in [5.41, 5.74) is 0. The van der Waals surface area contributed by atoms with E-state index in [9.17, 15) is 0 Å². The molecule has 0 bridgehead atoms. The SMILES string of the molecule is CC(C)CN(CC1CCCCCN1)C1CC1. The number of hydrogen-bond acceptors (Lipinski definition) is 2. The highest BCUT2D eigenvalue weighted by Gasteiger charge is 2.30. The van der Waals surface area contributed by atoms with Crippen molar-refractivity contribution in [2.45, 2.75) is 64.5 Å². The molecule has 2 fully saturated rings. The van der Waals surface area contributed by atoms with Crippen LogP contribution in [0.4, 0.5) is 0 Å². The van der Waals surface area contributed by atoms with Crippen molar-refractivity contribution in [3.8, 4) is 0 Å². The minimum absolute atomic E-state index is 0.766. The molecule has 1 N–H and O–H groups in total. The molecule has 1 aliphatic heterocycles. The summed E-state index contributed by atoms with van der Waals surface area (Å²) in [5.74, 6) is 0.811. The van der Waals surface area contributed by atoms with Gasteiger partial charge < -0.3 is 5.32 Å². The van der Waals surface area contributed by atoms with E-state index in [4.69, 9.17) is 0 Å². The Kier molecular flexibility index (Phi) is 4.66. The first-order chi connectivity index (χ1) is 7.75. The van der Waals surface area contributed by atoms with Crippen molar-refractivity contribution in [2.24, 2.45) is 5.92 Å². The van der Waals surface area contributed by atoms with E-state index in [0.29, 0.717) is 0 Å². The molecule has 2 rings (SSSR count). The Balaban J connectivity index is 1.78. The van der Waals surface area contributed by atoms with Crippen molar-refractivity contribution < 1.29 is 0 Å². The fourth-order valence-electron chi connectivity index (χ4n) is 2.82. The second kappa shape index (κ2) is 6.02. The molecule has 94 valence electrons. The summed E-state index contributed by atoms with van der Waals surface area (Å²) in [4.78, 5) is 2.74. The third-order valence-corrected chi connectivity index (χ3v) is 3.78. The molecule has 0 aromatic rings. The number of rotatable bonds is 5. The molecule has 1 aliphatic carbocycles. The van der Waals surface area contributed by atoms with Crippen LogP contribution in [0, 0.1) is 5.92 Å². The van der Waals surface area contributed by atoms with Gasteiger partial charge in [-0.1, -0.05) is 26.7 Å². The van der Waals surface area contributed by atoms with Gasteiger partial charge in [0.25, 0.3) is 0 Å². The van der Waals surface area contributed by atoms with Crippen LogP contribution in [0.5, 0.6) is 0 Å². The Labute approximate surface area is 101 Å². The molecular weight excluding hydrogens is 196 g/mol. The Morgan fingerprint density at radius 3 is 2.62 bits per heavy atom. The Morgan fingerprint density at radius 1 is 1.12 bits per heavy atom. The quantitative estimate of drug-likeness (QED) is 0.772.